The maximum atomic E-state index is 13.5. The van der Waals surface area contributed by atoms with Crippen LogP contribution in [0, 0.1) is 5.41 Å². The van der Waals surface area contributed by atoms with Gasteiger partial charge in [-0.05, 0) is 49.4 Å². The number of hydrogen-bond acceptors (Lipinski definition) is 4. The van der Waals surface area contributed by atoms with Gasteiger partial charge in [0.2, 0.25) is 0 Å². The Bertz CT molecular complexity index is 992. The molecule has 0 aromatic heterocycles. The molecule has 2 saturated heterocycles. The summed E-state index contributed by atoms with van der Waals surface area (Å²) in [6, 6.07) is 15.7. The fraction of sp³-hybridized carbons (Fsp3) is 0.417. The zero-order valence-electron chi connectivity index (χ0n) is 17.1. The molecule has 2 fully saturated rings. The molecule has 30 heavy (non-hydrogen) atoms. The third-order valence-electron chi connectivity index (χ3n) is 7.09. The van der Waals surface area contributed by atoms with E-state index in [-0.39, 0.29) is 42.5 Å². The van der Waals surface area contributed by atoms with Crippen molar-refractivity contribution in [2.75, 3.05) is 25.2 Å². The van der Waals surface area contributed by atoms with E-state index in [9.17, 15) is 14.7 Å². The molecule has 0 spiro atoms. The van der Waals surface area contributed by atoms with Gasteiger partial charge in [0.05, 0.1) is 12.3 Å². The normalized spacial score (nSPS) is 27.2. The third kappa shape index (κ3) is 2.89. The Morgan fingerprint density at radius 1 is 1.20 bits per heavy atom. The lowest BCUT2D eigenvalue weighted by Gasteiger charge is -2.36. The first-order chi connectivity index (χ1) is 14.5. The molecule has 156 valence electrons. The van der Waals surface area contributed by atoms with Gasteiger partial charge in [-0.15, -0.1) is 0 Å². The average Bonchev–Trinajstić information content (AvgIpc) is 3.32. The Morgan fingerprint density at radius 2 is 2.00 bits per heavy atom. The van der Waals surface area contributed by atoms with Crippen LogP contribution >= 0.6 is 0 Å². The number of carbonyl (C=O) groups is 2. The van der Waals surface area contributed by atoms with E-state index in [1.807, 2.05) is 23.1 Å². The van der Waals surface area contributed by atoms with Gasteiger partial charge in [-0.2, -0.15) is 0 Å². The number of nitrogens with zero attached hydrogens (tertiary/aromatic N) is 2. The van der Waals surface area contributed by atoms with E-state index in [0.29, 0.717) is 17.0 Å². The van der Waals surface area contributed by atoms with Crippen molar-refractivity contribution >= 4 is 17.5 Å². The van der Waals surface area contributed by atoms with Crippen LogP contribution in [0.15, 0.2) is 48.5 Å². The molecular formula is C24H26N2O4. The lowest BCUT2D eigenvalue weighted by Crippen LogP contribution is -2.44. The minimum atomic E-state index is -0.302. The van der Waals surface area contributed by atoms with Gasteiger partial charge in [-0.1, -0.05) is 30.3 Å². The second-order valence-electron chi connectivity index (χ2n) is 8.77. The first-order valence-electron chi connectivity index (χ1n) is 10.5. The van der Waals surface area contributed by atoms with Crippen LogP contribution < -0.4 is 9.64 Å². The van der Waals surface area contributed by atoms with E-state index in [2.05, 4.69) is 12.1 Å². The van der Waals surface area contributed by atoms with Crippen LogP contribution in [0.2, 0.25) is 0 Å². The summed E-state index contributed by atoms with van der Waals surface area (Å²) < 4.78 is 5.49. The summed E-state index contributed by atoms with van der Waals surface area (Å²) >= 11 is 0. The Hall–Kier alpha value is -2.86. The number of likely N-dealkylation sites (N-methyl/N-ethyl adjacent to an activating group) is 1. The number of aliphatic hydroxyl groups excluding tert-OH is 1. The Balaban J connectivity index is 1.44. The molecule has 0 unspecified atom stereocenters. The van der Waals surface area contributed by atoms with Crippen molar-refractivity contribution in [3.8, 4) is 5.75 Å². The van der Waals surface area contributed by atoms with Gasteiger partial charge >= 0.3 is 0 Å². The number of hydrogen-bond donors (Lipinski definition) is 1. The first kappa shape index (κ1) is 19.1. The number of fused-ring (bicyclic) bond motifs is 3. The number of rotatable bonds is 4. The van der Waals surface area contributed by atoms with Gasteiger partial charge in [0.15, 0.2) is 6.61 Å². The third-order valence-corrected chi connectivity index (χ3v) is 7.09. The van der Waals surface area contributed by atoms with Gasteiger partial charge in [0.25, 0.3) is 11.8 Å². The molecule has 0 radical (unpaired) electrons. The largest absolute Gasteiger partial charge is 0.482 e. The number of anilines is 1. The Kier molecular flexibility index (Phi) is 4.54. The van der Waals surface area contributed by atoms with Crippen molar-refractivity contribution in [1.29, 1.82) is 0 Å². The highest BCUT2D eigenvalue weighted by molar-refractivity contribution is 6.01. The number of benzene rings is 2. The summed E-state index contributed by atoms with van der Waals surface area (Å²) in [5, 5.41) is 10.4. The summed E-state index contributed by atoms with van der Waals surface area (Å²) in [5.41, 5.74) is 2.08. The predicted molar refractivity (Wildman–Crippen MR) is 113 cm³/mol. The lowest BCUT2D eigenvalue weighted by molar-refractivity contribution is -0.120. The second kappa shape index (κ2) is 7.13. The van der Waals surface area contributed by atoms with Gasteiger partial charge in [0.1, 0.15) is 5.75 Å². The van der Waals surface area contributed by atoms with Gasteiger partial charge in [-0.3, -0.25) is 9.59 Å². The molecule has 6 heteroatoms. The molecule has 2 aromatic carbocycles. The van der Waals surface area contributed by atoms with Crippen LogP contribution in [-0.4, -0.2) is 54.2 Å². The first-order valence-corrected chi connectivity index (χ1v) is 10.5. The van der Waals surface area contributed by atoms with Crippen LogP contribution in [0.4, 0.5) is 5.69 Å². The second-order valence-corrected chi connectivity index (χ2v) is 8.77. The van der Waals surface area contributed by atoms with Crippen LogP contribution in [0.1, 0.15) is 35.2 Å². The van der Waals surface area contributed by atoms with Crippen LogP contribution in [-0.2, 0) is 11.2 Å². The summed E-state index contributed by atoms with van der Waals surface area (Å²) in [6.45, 7) is 0.0910. The smallest absolute Gasteiger partial charge is 0.264 e. The molecule has 0 aliphatic carbocycles. The lowest BCUT2D eigenvalue weighted by atomic mass is 9.70. The number of amides is 2. The maximum Gasteiger partial charge on any atom is 0.264 e. The number of carbonyl (C=O) groups excluding carboxylic acids is 2. The standard InChI is InChI=1S/C24H26N2O4/c1-25-19-11-17(7-9-20(19)30-14-22(25)28)23(29)26-18-8-10-21(26)24(13-18,15-27)12-16-5-3-2-4-6-16/h2-7,9,11,18,21,27H,8,10,12-15H2,1H3/t18-,21+,24-/m0/s1. The molecule has 3 atom stereocenters. The quantitative estimate of drug-likeness (QED) is 0.848. The van der Waals surface area contributed by atoms with Gasteiger partial charge in [-0.25, -0.2) is 0 Å². The van der Waals surface area contributed by atoms with Crippen molar-refractivity contribution in [1.82, 2.24) is 4.90 Å². The minimum Gasteiger partial charge on any atom is -0.482 e. The molecule has 2 amide bonds. The molecule has 2 aromatic rings. The summed E-state index contributed by atoms with van der Waals surface area (Å²) in [4.78, 5) is 29.1. The highest BCUT2D eigenvalue weighted by Gasteiger charge is 2.57. The Morgan fingerprint density at radius 3 is 2.77 bits per heavy atom. The maximum absolute atomic E-state index is 13.5. The summed E-state index contributed by atoms with van der Waals surface area (Å²) in [5.74, 6) is 0.461. The van der Waals surface area contributed by atoms with E-state index >= 15 is 0 Å². The summed E-state index contributed by atoms with van der Waals surface area (Å²) in [7, 11) is 1.70. The van der Waals surface area contributed by atoms with Crippen LogP contribution in [0.5, 0.6) is 5.75 Å². The molecule has 0 saturated carbocycles. The molecule has 6 nitrogen and oxygen atoms in total. The SMILES string of the molecule is CN1C(=O)COc2ccc(C(=O)N3[C@H]4CC[C@@H]3[C@@](CO)(Cc3ccccc3)C4)cc21. The van der Waals surface area contributed by atoms with Gasteiger partial charge in [0, 0.05) is 30.1 Å². The van der Waals surface area contributed by atoms with Crippen molar-refractivity contribution < 1.29 is 19.4 Å². The molecule has 3 aliphatic rings. The van der Waals surface area contributed by atoms with Crippen molar-refractivity contribution in [2.24, 2.45) is 5.41 Å². The van der Waals surface area contributed by atoms with Crippen molar-refractivity contribution in [3.05, 3.63) is 59.7 Å². The van der Waals surface area contributed by atoms with Crippen molar-refractivity contribution in [3.63, 3.8) is 0 Å². The zero-order valence-corrected chi connectivity index (χ0v) is 17.1. The minimum absolute atomic E-state index is 0.0194. The van der Waals surface area contributed by atoms with E-state index < -0.39 is 0 Å². The molecule has 2 bridgehead atoms. The topological polar surface area (TPSA) is 70.1 Å². The summed E-state index contributed by atoms with van der Waals surface area (Å²) in [6.07, 6.45) is 3.47. The van der Waals surface area contributed by atoms with E-state index in [1.165, 1.54) is 5.56 Å². The Labute approximate surface area is 176 Å². The number of aliphatic hydroxyl groups is 1. The van der Waals surface area contributed by atoms with E-state index in [0.717, 1.165) is 25.7 Å². The highest BCUT2D eigenvalue weighted by atomic mass is 16.5. The average molecular weight is 406 g/mol. The monoisotopic (exact) mass is 406 g/mol. The zero-order chi connectivity index (χ0) is 20.9. The van der Waals surface area contributed by atoms with Crippen LogP contribution in [0.3, 0.4) is 0 Å². The van der Waals surface area contributed by atoms with E-state index in [1.54, 1.807) is 30.1 Å². The molecular weight excluding hydrogens is 380 g/mol. The molecule has 1 N–H and O–H groups in total. The van der Waals surface area contributed by atoms with Crippen molar-refractivity contribution in [2.45, 2.75) is 37.8 Å². The molecule has 5 rings (SSSR count). The van der Waals surface area contributed by atoms with Gasteiger partial charge < -0.3 is 19.6 Å². The predicted octanol–water partition coefficient (Wildman–Crippen LogP) is 2.64. The number of ether oxygens (including phenoxy) is 1. The van der Waals surface area contributed by atoms with E-state index in [4.69, 9.17) is 4.74 Å². The highest BCUT2D eigenvalue weighted by Crippen LogP contribution is 2.52. The molecule has 3 heterocycles. The fourth-order valence-corrected chi connectivity index (χ4v) is 5.57. The molecule has 3 aliphatic heterocycles. The van der Waals surface area contributed by atoms with Crippen LogP contribution in [0.25, 0.3) is 0 Å². The fourth-order valence-electron chi connectivity index (χ4n) is 5.57.